The third kappa shape index (κ3) is 11.4. The predicted molar refractivity (Wildman–Crippen MR) is 205 cm³/mol. The van der Waals surface area contributed by atoms with E-state index in [4.69, 9.17) is 52.1 Å². The fraction of sp³-hybridized carbons (Fsp3) is 0.837. The van der Waals surface area contributed by atoms with Gasteiger partial charge < -0.3 is 52.1 Å². The summed E-state index contributed by atoms with van der Waals surface area (Å²) in [6, 6.07) is 7.80. The second kappa shape index (κ2) is 19.3. The molecule has 12 heteroatoms. The van der Waals surface area contributed by atoms with Crippen LogP contribution in [0.25, 0.3) is 0 Å². The van der Waals surface area contributed by atoms with Gasteiger partial charge in [0.2, 0.25) is 0 Å². The maximum absolute atomic E-state index is 13.5. The van der Waals surface area contributed by atoms with Crippen LogP contribution in [0.1, 0.15) is 112 Å². The second-order valence-electron chi connectivity index (χ2n) is 17.2. The maximum atomic E-state index is 13.5. The van der Waals surface area contributed by atoms with E-state index in [0.29, 0.717) is 32.3 Å². The highest BCUT2D eigenvalue weighted by atomic mass is 16.7. The third-order valence-electron chi connectivity index (χ3n) is 12.3. The van der Waals surface area contributed by atoms with Crippen molar-refractivity contribution in [3.63, 3.8) is 0 Å². The van der Waals surface area contributed by atoms with Crippen molar-refractivity contribution < 1.29 is 56.9 Å². The van der Waals surface area contributed by atoms with Crippen LogP contribution in [0.3, 0.4) is 0 Å². The zero-order valence-corrected chi connectivity index (χ0v) is 35.4. The van der Waals surface area contributed by atoms with Gasteiger partial charge in [-0.2, -0.15) is 0 Å². The van der Waals surface area contributed by atoms with Crippen molar-refractivity contribution in [1.29, 1.82) is 0 Å². The molecule has 0 radical (unpaired) electrons. The number of hydrogen-bond acceptors (Lipinski definition) is 12. The highest BCUT2D eigenvalue weighted by molar-refractivity contribution is 5.73. The molecule has 0 aromatic heterocycles. The Balaban J connectivity index is 1.26. The Morgan fingerprint density at radius 3 is 2.16 bits per heavy atom. The minimum atomic E-state index is -0.929. The highest BCUT2D eigenvalue weighted by Gasteiger charge is 2.52. The van der Waals surface area contributed by atoms with Gasteiger partial charge >= 0.3 is 5.97 Å². The predicted octanol–water partition coefficient (Wildman–Crippen LogP) is 7.39. The largest absolute Gasteiger partial charge is 0.497 e. The molecule has 4 fully saturated rings. The molecule has 4 aliphatic rings. The molecule has 4 saturated heterocycles. The van der Waals surface area contributed by atoms with Crippen molar-refractivity contribution in [2.45, 2.75) is 173 Å². The number of rotatable bonds is 15. The number of methoxy groups -OCH3 is 4. The molecule has 4 aliphatic heterocycles. The van der Waals surface area contributed by atoms with Crippen LogP contribution in [0.2, 0.25) is 0 Å². The number of carbonyl (C=O) groups is 1. The lowest BCUT2D eigenvalue weighted by Crippen LogP contribution is -2.59. The fourth-order valence-corrected chi connectivity index (χ4v) is 9.29. The molecule has 55 heavy (non-hydrogen) atoms. The molecule has 314 valence electrons. The molecule has 1 aromatic carbocycles. The van der Waals surface area contributed by atoms with E-state index in [1.54, 1.807) is 21.3 Å². The molecule has 5 rings (SSSR count). The van der Waals surface area contributed by atoms with Crippen LogP contribution >= 0.6 is 0 Å². The quantitative estimate of drug-likeness (QED) is 0.165. The van der Waals surface area contributed by atoms with Crippen LogP contribution in [0.5, 0.6) is 5.75 Å². The second-order valence-corrected chi connectivity index (χ2v) is 17.2. The van der Waals surface area contributed by atoms with Crippen LogP contribution < -0.4 is 4.74 Å². The maximum Gasteiger partial charge on any atom is 0.311 e. The van der Waals surface area contributed by atoms with E-state index in [-0.39, 0.29) is 72.6 Å². The number of esters is 1. The van der Waals surface area contributed by atoms with Gasteiger partial charge in [0.25, 0.3) is 0 Å². The van der Waals surface area contributed by atoms with Crippen LogP contribution in [-0.4, -0.2) is 108 Å². The van der Waals surface area contributed by atoms with E-state index in [1.165, 1.54) is 7.11 Å². The monoisotopic (exact) mass is 778 g/mol. The van der Waals surface area contributed by atoms with Gasteiger partial charge in [-0.3, -0.25) is 4.79 Å². The SMILES string of the molecule is COC(=O)[C@@H](CC[C@H]1C[C@H](OC)C[C@H](C)O1)[C@@H]1OC(C)(C)O[C@@H]([C@@H](C)[C@H]2C[C@@H]([C@H](C)[C@H](C[C@@H]3CCO[C@H](c4ccc(OC)cc4)O3)OC)OC(C)(C)O2)[C@H]1C. The molecular formula is C43H70O12. The molecule has 0 saturated carbocycles. The van der Waals surface area contributed by atoms with Gasteiger partial charge in [-0.05, 0) is 78.9 Å². The summed E-state index contributed by atoms with van der Waals surface area (Å²) in [7, 11) is 6.62. The molecule has 14 atom stereocenters. The summed E-state index contributed by atoms with van der Waals surface area (Å²) in [5.74, 6) is -1.88. The Morgan fingerprint density at radius 2 is 1.51 bits per heavy atom. The summed E-state index contributed by atoms with van der Waals surface area (Å²) >= 11 is 0. The van der Waals surface area contributed by atoms with Crippen molar-refractivity contribution in [2.75, 3.05) is 35.0 Å². The van der Waals surface area contributed by atoms with Gasteiger partial charge in [0.1, 0.15) is 5.75 Å². The first-order valence-electron chi connectivity index (χ1n) is 20.5. The van der Waals surface area contributed by atoms with Gasteiger partial charge in [-0.25, -0.2) is 0 Å². The average molecular weight is 779 g/mol. The highest BCUT2D eigenvalue weighted by Crippen LogP contribution is 2.44. The Labute approximate surface area is 329 Å². The number of benzene rings is 1. The topological polar surface area (TPSA) is 119 Å². The molecule has 0 N–H and O–H groups in total. The first kappa shape index (κ1) is 44.2. The minimum absolute atomic E-state index is 0.000581. The third-order valence-corrected chi connectivity index (χ3v) is 12.3. The first-order valence-corrected chi connectivity index (χ1v) is 20.5. The van der Waals surface area contributed by atoms with E-state index in [9.17, 15) is 4.79 Å². The van der Waals surface area contributed by atoms with E-state index >= 15 is 0 Å². The summed E-state index contributed by atoms with van der Waals surface area (Å²) in [5.41, 5.74) is 0.958. The molecule has 0 bridgehead atoms. The van der Waals surface area contributed by atoms with E-state index in [0.717, 1.165) is 30.6 Å². The fourth-order valence-electron chi connectivity index (χ4n) is 9.29. The van der Waals surface area contributed by atoms with Crippen molar-refractivity contribution in [2.24, 2.45) is 23.7 Å². The molecular weight excluding hydrogens is 708 g/mol. The molecule has 0 aliphatic carbocycles. The summed E-state index contributed by atoms with van der Waals surface area (Å²) in [4.78, 5) is 13.5. The molecule has 0 spiro atoms. The lowest BCUT2D eigenvalue weighted by molar-refractivity contribution is -0.357. The van der Waals surface area contributed by atoms with Crippen LogP contribution in [0, 0.1) is 23.7 Å². The Hall–Kier alpha value is -1.87. The summed E-state index contributed by atoms with van der Waals surface area (Å²) in [6.07, 6.45) is 3.72. The van der Waals surface area contributed by atoms with Crippen LogP contribution in [0.4, 0.5) is 0 Å². The number of ether oxygens (including phenoxy) is 11. The Kier molecular flexibility index (Phi) is 15.5. The zero-order chi connectivity index (χ0) is 40.1. The summed E-state index contributed by atoms with van der Waals surface area (Å²) < 4.78 is 68.0. The Morgan fingerprint density at radius 1 is 0.836 bits per heavy atom. The minimum Gasteiger partial charge on any atom is -0.497 e. The van der Waals surface area contributed by atoms with Gasteiger partial charge in [0.15, 0.2) is 17.9 Å². The van der Waals surface area contributed by atoms with Crippen LogP contribution in [0.15, 0.2) is 24.3 Å². The molecule has 0 unspecified atom stereocenters. The lowest BCUT2D eigenvalue weighted by Gasteiger charge is -2.52. The number of hydrogen-bond donors (Lipinski definition) is 0. The van der Waals surface area contributed by atoms with Gasteiger partial charge in [-0.1, -0.05) is 32.9 Å². The van der Waals surface area contributed by atoms with Crippen molar-refractivity contribution in [1.82, 2.24) is 0 Å². The molecule has 1 aromatic rings. The van der Waals surface area contributed by atoms with E-state index in [2.05, 4.69) is 27.7 Å². The van der Waals surface area contributed by atoms with Gasteiger partial charge in [0.05, 0.1) is 81.7 Å². The van der Waals surface area contributed by atoms with E-state index < -0.39 is 29.9 Å². The normalized spacial score (nSPS) is 35.9. The van der Waals surface area contributed by atoms with E-state index in [1.807, 2.05) is 52.0 Å². The summed E-state index contributed by atoms with van der Waals surface area (Å²) in [5, 5.41) is 0. The first-order chi connectivity index (χ1) is 26.1. The molecule has 12 nitrogen and oxygen atoms in total. The van der Waals surface area contributed by atoms with Crippen LogP contribution in [-0.2, 0) is 52.2 Å². The number of carbonyl (C=O) groups excluding carboxylic acids is 1. The van der Waals surface area contributed by atoms with Crippen molar-refractivity contribution >= 4 is 5.97 Å². The lowest BCUT2D eigenvalue weighted by atomic mass is 9.76. The van der Waals surface area contributed by atoms with Gasteiger partial charge in [0, 0.05) is 50.4 Å². The van der Waals surface area contributed by atoms with Crippen molar-refractivity contribution in [3.8, 4) is 5.75 Å². The molecule has 4 heterocycles. The Bertz CT molecular complexity index is 1340. The van der Waals surface area contributed by atoms with Crippen molar-refractivity contribution in [3.05, 3.63) is 29.8 Å². The zero-order valence-electron chi connectivity index (χ0n) is 35.4. The van der Waals surface area contributed by atoms with Gasteiger partial charge in [-0.15, -0.1) is 0 Å². The smallest absolute Gasteiger partial charge is 0.311 e. The molecule has 0 amide bonds. The average Bonchev–Trinajstić information content (AvgIpc) is 3.16. The summed E-state index contributed by atoms with van der Waals surface area (Å²) in [6.45, 7) is 17.0. The standard InChI is InChI=1S/C43H70O12/c1-25-21-33(46-10)22-31(50-25)17-18-34(40(44)48-12)39-28(4)38(54-43(7,8)55-39)27(3)37-24-36(52-42(5,6)53-37)26(2)35(47-11)23-32-19-20-49-41(51-32)29-13-15-30(45-9)16-14-29/h13-16,25-28,31-39,41H,17-24H2,1-12H3/t25-,26+,27-,28+,31-,32-,33+,34-,35-,36-,37+,38-,39+,41-/m0/s1.